The number of aromatic nitrogens is 3. The average Bonchev–Trinajstić information content (AvgIpc) is 2.65. The Kier molecular flexibility index (Phi) is 2.62. The van der Waals surface area contributed by atoms with Crippen LogP contribution >= 0.6 is 0 Å². The molecule has 0 aromatic carbocycles. The molecule has 2 aromatic heterocycles. The molecule has 0 bridgehead atoms. The molecule has 0 aliphatic carbocycles. The van der Waals surface area contributed by atoms with Crippen LogP contribution in [0.5, 0.6) is 0 Å². The van der Waals surface area contributed by atoms with Crippen LogP contribution in [0.25, 0.3) is 5.65 Å². The van der Waals surface area contributed by atoms with Crippen molar-refractivity contribution in [3.8, 4) is 0 Å². The third kappa shape index (κ3) is 1.61. The Balaban J connectivity index is 2.14. The molecule has 3 rings (SSSR count). The van der Waals surface area contributed by atoms with Gasteiger partial charge in [-0.1, -0.05) is 0 Å². The summed E-state index contributed by atoms with van der Waals surface area (Å²) in [5.41, 5.74) is 1.02. The first-order chi connectivity index (χ1) is 8.81. The van der Waals surface area contributed by atoms with Gasteiger partial charge in [0.15, 0.2) is 11.5 Å². The predicted molar refractivity (Wildman–Crippen MR) is 65.8 cm³/mol. The van der Waals surface area contributed by atoms with E-state index in [9.17, 15) is 4.79 Å². The Morgan fingerprint density at radius 3 is 3.00 bits per heavy atom. The van der Waals surface area contributed by atoms with Crippen LogP contribution in [0, 0.1) is 0 Å². The van der Waals surface area contributed by atoms with Crippen molar-refractivity contribution in [3.63, 3.8) is 0 Å². The highest BCUT2D eigenvalue weighted by Crippen LogP contribution is 2.26. The SMILES string of the molecule is CCOC(=O)c1c(N2CCC2)nn2cccnc12. The molecule has 0 atom stereocenters. The molecule has 0 spiro atoms. The van der Waals surface area contributed by atoms with Crippen LogP contribution in [-0.2, 0) is 4.74 Å². The van der Waals surface area contributed by atoms with Crippen LogP contribution in [0.3, 0.4) is 0 Å². The van der Waals surface area contributed by atoms with Gasteiger partial charge in [0.05, 0.1) is 6.61 Å². The molecule has 1 aliphatic rings. The van der Waals surface area contributed by atoms with E-state index < -0.39 is 0 Å². The summed E-state index contributed by atoms with van der Waals surface area (Å²) in [6.45, 7) is 4.00. The first-order valence-electron chi connectivity index (χ1n) is 6.06. The van der Waals surface area contributed by atoms with E-state index >= 15 is 0 Å². The van der Waals surface area contributed by atoms with Crippen molar-refractivity contribution in [1.29, 1.82) is 0 Å². The number of carbonyl (C=O) groups is 1. The molecule has 18 heavy (non-hydrogen) atoms. The Morgan fingerprint density at radius 2 is 2.33 bits per heavy atom. The largest absolute Gasteiger partial charge is 0.462 e. The molecular formula is C12H14N4O2. The van der Waals surface area contributed by atoms with Crippen LogP contribution in [0.1, 0.15) is 23.7 Å². The van der Waals surface area contributed by atoms with Gasteiger partial charge in [-0.05, 0) is 19.4 Å². The van der Waals surface area contributed by atoms with E-state index in [1.807, 2.05) is 0 Å². The third-order valence-corrected chi connectivity index (χ3v) is 3.01. The van der Waals surface area contributed by atoms with Crippen LogP contribution in [0.15, 0.2) is 18.5 Å². The van der Waals surface area contributed by atoms with Crippen molar-refractivity contribution in [2.45, 2.75) is 13.3 Å². The normalized spacial score (nSPS) is 14.6. The highest BCUT2D eigenvalue weighted by atomic mass is 16.5. The topological polar surface area (TPSA) is 59.7 Å². The van der Waals surface area contributed by atoms with Gasteiger partial charge in [-0.3, -0.25) is 0 Å². The number of ether oxygens (including phenoxy) is 1. The van der Waals surface area contributed by atoms with Crippen molar-refractivity contribution in [3.05, 3.63) is 24.0 Å². The number of hydrogen-bond acceptors (Lipinski definition) is 5. The first kappa shape index (κ1) is 11.0. The molecule has 2 aromatic rings. The van der Waals surface area contributed by atoms with Gasteiger partial charge >= 0.3 is 5.97 Å². The summed E-state index contributed by atoms with van der Waals surface area (Å²) in [6.07, 6.45) is 4.57. The summed E-state index contributed by atoms with van der Waals surface area (Å²) >= 11 is 0. The summed E-state index contributed by atoms with van der Waals surface area (Å²) in [7, 11) is 0. The van der Waals surface area contributed by atoms with E-state index in [-0.39, 0.29) is 5.97 Å². The summed E-state index contributed by atoms with van der Waals surface area (Å²) in [5, 5.41) is 4.42. The van der Waals surface area contributed by atoms with Gasteiger partial charge in [0.1, 0.15) is 5.56 Å². The molecule has 6 heteroatoms. The maximum Gasteiger partial charge on any atom is 0.345 e. The van der Waals surface area contributed by atoms with Crippen molar-refractivity contribution in [1.82, 2.24) is 14.6 Å². The van der Waals surface area contributed by atoms with Crippen molar-refractivity contribution in [2.75, 3.05) is 24.6 Å². The minimum absolute atomic E-state index is 0.350. The monoisotopic (exact) mass is 246 g/mol. The number of hydrogen-bond donors (Lipinski definition) is 0. The zero-order valence-electron chi connectivity index (χ0n) is 10.2. The molecule has 0 N–H and O–H groups in total. The zero-order chi connectivity index (χ0) is 12.5. The van der Waals surface area contributed by atoms with E-state index in [1.165, 1.54) is 0 Å². The predicted octanol–water partition coefficient (Wildman–Crippen LogP) is 1.12. The lowest BCUT2D eigenvalue weighted by Crippen LogP contribution is -2.38. The lowest BCUT2D eigenvalue weighted by atomic mass is 10.2. The lowest BCUT2D eigenvalue weighted by molar-refractivity contribution is 0.0529. The molecule has 94 valence electrons. The Bertz CT molecular complexity index is 589. The quantitative estimate of drug-likeness (QED) is 0.759. The van der Waals surface area contributed by atoms with Gasteiger partial charge < -0.3 is 9.64 Å². The van der Waals surface area contributed by atoms with E-state index in [4.69, 9.17) is 4.74 Å². The fourth-order valence-corrected chi connectivity index (χ4v) is 2.01. The van der Waals surface area contributed by atoms with E-state index in [0.29, 0.717) is 23.6 Å². The Labute approximate surface area is 104 Å². The number of nitrogens with zero attached hydrogens (tertiary/aromatic N) is 4. The van der Waals surface area contributed by atoms with Gasteiger partial charge in [-0.2, -0.15) is 0 Å². The molecule has 1 fully saturated rings. The first-order valence-corrected chi connectivity index (χ1v) is 6.06. The van der Waals surface area contributed by atoms with E-state index in [2.05, 4.69) is 15.0 Å². The van der Waals surface area contributed by atoms with E-state index in [0.717, 1.165) is 19.5 Å². The van der Waals surface area contributed by atoms with Crippen LogP contribution < -0.4 is 4.90 Å². The van der Waals surface area contributed by atoms with Crippen LogP contribution in [0.4, 0.5) is 5.82 Å². The number of esters is 1. The summed E-state index contributed by atoms with van der Waals surface area (Å²) in [4.78, 5) is 18.3. The van der Waals surface area contributed by atoms with E-state index in [1.54, 1.807) is 29.9 Å². The second kappa shape index (κ2) is 4.29. The third-order valence-electron chi connectivity index (χ3n) is 3.01. The molecule has 1 aliphatic heterocycles. The second-order valence-corrected chi connectivity index (χ2v) is 4.15. The molecule has 6 nitrogen and oxygen atoms in total. The van der Waals surface area contributed by atoms with Crippen molar-refractivity contribution in [2.24, 2.45) is 0 Å². The Hall–Kier alpha value is -2.11. The van der Waals surface area contributed by atoms with Gasteiger partial charge in [0.25, 0.3) is 0 Å². The number of anilines is 1. The fraction of sp³-hybridized carbons (Fsp3) is 0.417. The number of carbonyl (C=O) groups excluding carboxylic acids is 1. The summed E-state index contributed by atoms with van der Waals surface area (Å²) in [6, 6.07) is 1.79. The molecule has 0 unspecified atom stereocenters. The Morgan fingerprint density at radius 1 is 1.50 bits per heavy atom. The maximum absolute atomic E-state index is 12.0. The maximum atomic E-state index is 12.0. The fourth-order valence-electron chi connectivity index (χ4n) is 2.01. The highest BCUT2D eigenvalue weighted by Gasteiger charge is 2.28. The van der Waals surface area contributed by atoms with Crippen molar-refractivity contribution < 1.29 is 9.53 Å². The summed E-state index contributed by atoms with van der Waals surface area (Å²) in [5.74, 6) is 0.325. The molecule has 0 radical (unpaired) electrons. The van der Waals surface area contributed by atoms with Crippen molar-refractivity contribution >= 4 is 17.4 Å². The minimum atomic E-state index is -0.354. The standard InChI is InChI=1S/C12H14N4O2/c1-2-18-12(17)9-10-13-5-3-8-16(10)14-11(9)15-6-4-7-15/h3,5,8H,2,4,6-7H2,1H3. The number of rotatable bonds is 3. The van der Waals surface area contributed by atoms with Gasteiger partial charge in [0, 0.05) is 25.5 Å². The molecule has 1 saturated heterocycles. The second-order valence-electron chi connectivity index (χ2n) is 4.15. The minimum Gasteiger partial charge on any atom is -0.462 e. The number of fused-ring (bicyclic) bond motifs is 1. The molecular weight excluding hydrogens is 232 g/mol. The van der Waals surface area contributed by atoms with Crippen LogP contribution in [0.2, 0.25) is 0 Å². The molecule has 3 heterocycles. The van der Waals surface area contributed by atoms with Gasteiger partial charge in [-0.15, -0.1) is 5.10 Å². The lowest BCUT2D eigenvalue weighted by Gasteiger charge is -2.31. The van der Waals surface area contributed by atoms with Gasteiger partial charge in [-0.25, -0.2) is 14.3 Å². The smallest absolute Gasteiger partial charge is 0.345 e. The van der Waals surface area contributed by atoms with Gasteiger partial charge in [0.2, 0.25) is 0 Å². The summed E-state index contributed by atoms with van der Waals surface area (Å²) < 4.78 is 6.72. The molecule has 0 saturated carbocycles. The highest BCUT2D eigenvalue weighted by molar-refractivity contribution is 6.01. The average molecular weight is 246 g/mol. The van der Waals surface area contributed by atoms with Crippen LogP contribution in [-0.4, -0.2) is 40.3 Å². The molecule has 0 amide bonds. The zero-order valence-corrected chi connectivity index (χ0v) is 10.2.